The standard InChI is InChI=1S/C20H13F4NO5/c1-25-19(28)16-13-8-12(29-15(9-26)18(27)20(22,23)24)6-7-14(13)30-17(16)10-2-4-11(21)5-3-10/h2-9,15H,1H3,(H,25,28)/t15-/m1/s1. The molecule has 2 aromatic carbocycles. The molecule has 0 fully saturated rings. The van der Waals surface area contributed by atoms with Gasteiger partial charge in [-0.15, -0.1) is 0 Å². The highest BCUT2D eigenvalue weighted by atomic mass is 19.4. The number of hydrogen-bond donors (Lipinski definition) is 1. The van der Waals surface area contributed by atoms with Crippen LogP contribution in [0.25, 0.3) is 22.3 Å². The lowest BCUT2D eigenvalue weighted by Crippen LogP contribution is -2.39. The molecule has 0 spiro atoms. The van der Waals surface area contributed by atoms with Crippen LogP contribution in [0.4, 0.5) is 17.6 Å². The fourth-order valence-corrected chi connectivity index (χ4v) is 2.76. The smallest absolute Gasteiger partial charge is 0.454 e. The van der Waals surface area contributed by atoms with Crippen LogP contribution in [-0.2, 0) is 9.59 Å². The van der Waals surface area contributed by atoms with E-state index in [4.69, 9.17) is 9.15 Å². The van der Waals surface area contributed by atoms with Crippen LogP contribution in [-0.4, -0.2) is 37.3 Å². The Kier molecular flexibility index (Phi) is 5.59. The van der Waals surface area contributed by atoms with Crippen molar-refractivity contribution in [3.63, 3.8) is 0 Å². The average Bonchev–Trinajstić information content (AvgIpc) is 3.09. The molecule has 3 rings (SSSR count). The van der Waals surface area contributed by atoms with E-state index in [1.807, 2.05) is 0 Å². The summed E-state index contributed by atoms with van der Waals surface area (Å²) in [6.45, 7) is 0. The molecule has 0 saturated carbocycles. The summed E-state index contributed by atoms with van der Waals surface area (Å²) < 4.78 is 61.6. The van der Waals surface area contributed by atoms with Gasteiger partial charge in [0.2, 0.25) is 6.10 Å². The van der Waals surface area contributed by atoms with Gasteiger partial charge < -0.3 is 14.5 Å². The zero-order valence-corrected chi connectivity index (χ0v) is 15.2. The maximum atomic E-state index is 13.2. The minimum atomic E-state index is -5.26. The van der Waals surface area contributed by atoms with Crippen molar-refractivity contribution in [2.24, 2.45) is 0 Å². The first-order chi connectivity index (χ1) is 14.2. The molecule has 0 aliphatic carbocycles. The Hall–Kier alpha value is -3.69. The summed E-state index contributed by atoms with van der Waals surface area (Å²) in [5.74, 6) is -3.60. The van der Waals surface area contributed by atoms with Gasteiger partial charge in [-0.1, -0.05) is 0 Å². The van der Waals surface area contributed by atoms with E-state index < -0.39 is 29.8 Å². The number of carbonyl (C=O) groups excluding carboxylic acids is 3. The fourth-order valence-electron chi connectivity index (χ4n) is 2.76. The van der Waals surface area contributed by atoms with E-state index in [1.54, 1.807) is 0 Å². The van der Waals surface area contributed by atoms with Crippen LogP contribution < -0.4 is 10.1 Å². The predicted octanol–water partition coefficient (Wildman–Crippen LogP) is 3.68. The number of alkyl halides is 3. The zero-order valence-electron chi connectivity index (χ0n) is 15.2. The average molecular weight is 423 g/mol. The van der Waals surface area contributed by atoms with Gasteiger partial charge in [0.25, 0.3) is 11.7 Å². The highest BCUT2D eigenvalue weighted by molar-refractivity contribution is 6.11. The van der Waals surface area contributed by atoms with Gasteiger partial charge in [0.05, 0.1) is 5.56 Å². The summed E-state index contributed by atoms with van der Waals surface area (Å²) in [6, 6.07) is 8.79. The number of rotatable bonds is 6. The molecule has 0 saturated heterocycles. The third-order valence-corrected chi connectivity index (χ3v) is 4.14. The number of halogens is 4. The van der Waals surface area contributed by atoms with E-state index in [9.17, 15) is 31.9 Å². The summed E-state index contributed by atoms with van der Waals surface area (Å²) in [5, 5.41) is 2.58. The Labute approximate surface area is 166 Å². The number of carbonyl (C=O) groups is 3. The first-order valence-electron chi connectivity index (χ1n) is 8.43. The molecule has 0 bridgehead atoms. The number of fused-ring (bicyclic) bond motifs is 1. The molecule has 10 heteroatoms. The minimum Gasteiger partial charge on any atom is -0.475 e. The van der Waals surface area contributed by atoms with Gasteiger partial charge in [0.15, 0.2) is 6.29 Å². The van der Waals surface area contributed by atoms with Crippen molar-refractivity contribution in [1.29, 1.82) is 0 Å². The SMILES string of the molecule is CNC(=O)c1c(-c2ccc(F)cc2)oc2ccc(O[C@H](C=O)C(=O)C(F)(F)F)cc12. The van der Waals surface area contributed by atoms with Crippen LogP contribution in [0.3, 0.4) is 0 Å². The van der Waals surface area contributed by atoms with Crippen LogP contribution in [0, 0.1) is 5.82 Å². The molecule has 156 valence electrons. The van der Waals surface area contributed by atoms with Crippen molar-refractivity contribution in [1.82, 2.24) is 5.32 Å². The van der Waals surface area contributed by atoms with Gasteiger partial charge >= 0.3 is 6.18 Å². The number of hydrogen-bond acceptors (Lipinski definition) is 5. The highest BCUT2D eigenvalue weighted by Gasteiger charge is 2.44. The summed E-state index contributed by atoms with van der Waals surface area (Å²) in [7, 11) is 1.36. The lowest BCUT2D eigenvalue weighted by atomic mass is 10.0. The second-order valence-electron chi connectivity index (χ2n) is 6.09. The molecule has 1 heterocycles. The van der Waals surface area contributed by atoms with Gasteiger partial charge in [-0.05, 0) is 42.5 Å². The summed E-state index contributed by atoms with van der Waals surface area (Å²) in [5.41, 5.74) is 0.589. The van der Waals surface area contributed by atoms with E-state index in [0.717, 1.165) is 0 Å². The summed E-state index contributed by atoms with van der Waals surface area (Å²) in [4.78, 5) is 34.7. The molecule has 1 N–H and O–H groups in total. The summed E-state index contributed by atoms with van der Waals surface area (Å²) in [6.07, 6.45) is -7.91. The van der Waals surface area contributed by atoms with E-state index in [1.165, 1.54) is 49.5 Å². The molecule has 1 amide bonds. The second kappa shape index (κ2) is 7.97. The number of ketones is 1. The Morgan fingerprint density at radius 1 is 1.13 bits per heavy atom. The van der Waals surface area contributed by atoms with Crippen molar-refractivity contribution in [2.75, 3.05) is 7.05 Å². The van der Waals surface area contributed by atoms with Gasteiger partial charge in [-0.3, -0.25) is 14.4 Å². The number of Topliss-reactive ketones (excluding diaryl/α,β-unsaturated/α-hetero) is 1. The first-order valence-corrected chi connectivity index (χ1v) is 8.43. The lowest BCUT2D eigenvalue weighted by Gasteiger charge is -2.14. The van der Waals surface area contributed by atoms with Crippen molar-refractivity contribution in [2.45, 2.75) is 12.3 Å². The third-order valence-electron chi connectivity index (χ3n) is 4.14. The van der Waals surface area contributed by atoms with Crippen LogP contribution in [0.15, 0.2) is 46.9 Å². The maximum Gasteiger partial charge on any atom is 0.454 e. The van der Waals surface area contributed by atoms with Crippen LogP contribution in [0.2, 0.25) is 0 Å². The predicted molar refractivity (Wildman–Crippen MR) is 96.5 cm³/mol. The molecule has 0 aliphatic heterocycles. The van der Waals surface area contributed by atoms with Gasteiger partial charge in [0, 0.05) is 18.0 Å². The molecule has 30 heavy (non-hydrogen) atoms. The zero-order chi connectivity index (χ0) is 22.1. The molecule has 3 aromatic rings. The van der Waals surface area contributed by atoms with Crippen LogP contribution in [0.1, 0.15) is 10.4 Å². The number of benzene rings is 2. The molecule has 6 nitrogen and oxygen atoms in total. The molecule has 1 aromatic heterocycles. The van der Waals surface area contributed by atoms with Gasteiger partial charge in [-0.25, -0.2) is 4.39 Å². The summed E-state index contributed by atoms with van der Waals surface area (Å²) >= 11 is 0. The highest BCUT2D eigenvalue weighted by Crippen LogP contribution is 2.36. The molecular formula is C20H13F4NO5. The molecule has 0 unspecified atom stereocenters. The molecule has 1 atom stereocenters. The third kappa shape index (κ3) is 4.02. The number of nitrogens with one attached hydrogen (secondary N) is 1. The van der Waals surface area contributed by atoms with Crippen LogP contribution >= 0.6 is 0 Å². The number of aldehydes is 1. The quantitative estimate of drug-likeness (QED) is 0.372. The van der Waals surface area contributed by atoms with Gasteiger partial charge in [0.1, 0.15) is 22.9 Å². The Balaban J connectivity index is 2.09. The fraction of sp³-hybridized carbons (Fsp3) is 0.150. The topological polar surface area (TPSA) is 85.6 Å². The number of furan rings is 1. The largest absolute Gasteiger partial charge is 0.475 e. The first kappa shape index (κ1) is 21.0. The molecular weight excluding hydrogens is 410 g/mol. The Morgan fingerprint density at radius 3 is 2.37 bits per heavy atom. The van der Waals surface area contributed by atoms with E-state index in [-0.39, 0.29) is 34.3 Å². The molecule has 0 radical (unpaired) electrons. The Bertz CT molecular complexity index is 1120. The monoisotopic (exact) mass is 423 g/mol. The van der Waals surface area contributed by atoms with E-state index in [2.05, 4.69) is 5.32 Å². The minimum absolute atomic E-state index is 0.0226. The Morgan fingerprint density at radius 2 is 1.80 bits per heavy atom. The van der Waals surface area contributed by atoms with E-state index in [0.29, 0.717) is 5.56 Å². The number of ether oxygens (including phenoxy) is 1. The maximum absolute atomic E-state index is 13.2. The van der Waals surface area contributed by atoms with Gasteiger partial charge in [-0.2, -0.15) is 13.2 Å². The van der Waals surface area contributed by atoms with Crippen molar-refractivity contribution < 1.29 is 41.1 Å². The van der Waals surface area contributed by atoms with E-state index >= 15 is 0 Å². The normalized spacial score (nSPS) is 12.4. The van der Waals surface area contributed by atoms with Crippen molar-refractivity contribution >= 4 is 28.9 Å². The lowest BCUT2D eigenvalue weighted by molar-refractivity contribution is -0.178. The molecule has 0 aliphatic rings. The number of amides is 1. The van der Waals surface area contributed by atoms with Crippen molar-refractivity contribution in [3.05, 3.63) is 53.8 Å². The second-order valence-corrected chi connectivity index (χ2v) is 6.09. The van der Waals surface area contributed by atoms with Crippen molar-refractivity contribution in [3.8, 4) is 17.1 Å². The van der Waals surface area contributed by atoms with Crippen LogP contribution in [0.5, 0.6) is 5.75 Å².